The van der Waals surface area contributed by atoms with E-state index < -0.39 is 7.12 Å². The number of benzene rings is 6. The topological polar surface area (TPSA) is 36.5 Å². The number of nitrogens with zero attached hydrogens (tertiary/aromatic N) is 1. The van der Waals surface area contributed by atoms with Crippen LogP contribution in [-0.2, 0) is 0 Å². The number of aromatic nitrogens is 1. The number of para-hydroxylation sites is 4. The van der Waals surface area contributed by atoms with Gasteiger partial charge in [-0.1, -0.05) is 72.8 Å². The van der Waals surface area contributed by atoms with E-state index in [2.05, 4.69) is 89.5 Å². The second-order valence-electron chi connectivity index (χ2n) is 10.8. The lowest BCUT2D eigenvalue weighted by molar-refractivity contribution is 0.436. The molecule has 0 N–H and O–H groups in total. The molecule has 8 aromatic rings. The van der Waals surface area contributed by atoms with Gasteiger partial charge in [-0.3, -0.25) is 0 Å². The predicted octanol–water partition coefficient (Wildman–Crippen LogP) is 8.50. The first-order chi connectivity index (χ1) is 20.3. The van der Waals surface area contributed by atoms with E-state index >= 15 is 0 Å². The Balaban J connectivity index is 1.40. The molecule has 0 amide bonds. The highest BCUT2D eigenvalue weighted by Gasteiger charge is 2.41. The minimum atomic E-state index is -0.499. The Morgan fingerprint density at radius 3 is 1.90 bits per heavy atom. The molecular formula is C36H20BNO3. The van der Waals surface area contributed by atoms with Crippen molar-refractivity contribution in [3.05, 3.63) is 121 Å². The van der Waals surface area contributed by atoms with Gasteiger partial charge in [0, 0.05) is 38.4 Å². The number of hydrogen-bond acceptors (Lipinski definition) is 3. The van der Waals surface area contributed by atoms with E-state index in [4.69, 9.17) is 13.7 Å². The zero-order valence-electron chi connectivity index (χ0n) is 21.8. The molecule has 0 saturated heterocycles. The van der Waals surface area contributed by atoms with Gasteiger partial charge in [-0.25, -0.2) is 0 Å². The van der Waals surface area contributed by atoms with Crippen LogP contribution in [0.3, 0.4) is 0 Å². The zero-order chi connectivity index (χ0) is 26.7. The maximum absolute atomic E-state index is 6.42. The van der Waals surface area contributed by atoms with E-state index in [1.165, 1.54) is 10.8 Å². The molecule has 0 fully saturated rings. The minimum Gasteiger partial charge on any atom is -0.521 e. The van der Waals surface area contributed by atoms with E-state index in [0.29, 0.717) is 0 Å². The summed E-state index contributed by atoms with van der Waals surface area (Å²) in [6.07, 6.45) is 0. The van der Waals surface area contributed by atoms with Crippen LogP contribution in [0.25, 0.3) is 71.7 Å². The molecule has 0 spiro atoms. The van der Waals surface area contributed by atoms with Crippen molar-refractivity contribution in [3.63, 3.8) is 0 Å². The zero-order valence-corrected chi connectivity index (χ0v) is 21.8. The van der Waals surface area contributed by atoms with Gasteiger partial charge >= 0.3 is 7.12 Å². The number of furan rings is 1. The predicted molar refractivity (Wildman–Crippen MR) is 166 cm³/mol. The highest BCUT2D eigenvalue weighted by atomic mass is 16.6. The van der Waals surface area contributed by atoms with Crippen molar-refractivity contribution in [3.8, 4) is 39.4 Å². The summed E-state index contributed by atoms with van der Waals surface area (Å²) in [7, 11) is -0.499. The normalized spacial score (nSPS) is 13.2. The SMILES string of the molecule is c1ccc2c(c1)OB1Oc3ccccc3-c3cc(-n4c5ccccc5c5ccc6oc7ccccc7c6c54)cc-2c31. The Hall–Kier alpha value is -5.42. The third-order valence-corrected chi connectivity index (χ3v) is 8.66. The summed E-state index contributed by atoms with van der Waals surface area (Å²) in [6, 6.07) is 42.4. The molecule has 4 heterocycles. The lowest BCUT2D eigenvalue weighted by atomic mass is 9.66. The van der Waals surface area contributed by atoms with Crippen LogP contribution in [0.2, 0.25) is 0 Å². The van der Waals surface area contributed by atoms with Crippen molar-refractivity contribution in [1.82, 2.24) is 4.57 Å². The summed E-state index contributed by atoms with van der Waals surface area (Å²) in [4.78, 5) is 0. The molecule has 0 atom stereocenters. The van der Waals surface area contributed by atoms with Crippen LogP contribution >= 0.6 is 0 Å². The van der Waals surface area contributed by atoms with Crippen molar-refractivity contribution in [1.29, 1.82) is 0 Å². The van der Waals surface area contributed by atoms with Crippen LogP contribution in [-0.4, -0.2) is 11.7 Å². The molecule has 0 unspecified atom stereocenters. The summed E-state index contributed by atoms with van der Waals surface area (Å²) in [6.45, 7) is 0. The molecule has 2 aliphatic rings. The fraction of sp³-hybridized carbons (Fsp3) is 0. The summed E-state index contributed by atoms with van der Waals surface area (Å²) < 4.78 is 21.6. The maximum Gasteiger partial charge on any atom is 0.633 e. The quantitative estimate of drug-likeness (QED) is 0.202. The molecule has 6 aromatic carbocycles. The molecular weight excluding hydrogens is 505 g/mol. The first kappa shape index (κ1) is 21.4. The van der Waals surface area contributed by atoms with E-state index in [1.807, 2.05) is 36.4 Å². The van der Waals surface area contributed by atoms with E-state index in [0.717, 1.165) is 77.9 Å². The highest BCUT2D eigenvalue weighted by Crippen LogP contribution is 2.45. The second-order valence-corrected chi connectivity index (χ2v) is 10.8. The maximum atomic E-state index is 6.42. The van der Waals surface area contributed by atoms with E-state index in [1.54, 1.807) is 0 Å². The van der Waals surface area contributed by atoms with Gasteiger partial charge in [0.15, 0.2) is 0 Å². The standard InChI is InChI=1S/C36H20BNO3/c1-5-13-29-22(9-1)25-17-18-33-34(26-12-4-6-14-30(26)39-33)36(25)38(29)21-19-27-23-10-2-7-15-31(23)40-37-35(27)28(20-21)24-11-3-8-16-32(24)41-37/h1-20H. The van der Waals surface area contributed by atoms with Crippen LogP contribution in [0.15, 0.2) is 126 Å². The third-order valence-electron chi connectivity index (χ3n) is 8.66. The molecule has 0 aliphatic carbocycles. The molecule has 5 heteroatoms. The van der Waals surface area contributed by atoms with Gasteiger partial charge in [-0.2, -0.15) is 0 Å². The van der Waals surface area contributed by atoms with Crippen molar-refractivity contribution in [2.75, 3.05) is 0 Å². The molecule has 4 nitrogen and oxygen atoms in total. The average Bonchev–Trinajstić information content (AvgIpc) is 3.57. The highest BCUT2D eigenvalue weighted by molar-refractivity contribution is 6.68. The van der Waals surface area contributed by atoms with E-state index in [-0.39, 0.29) is 0 Å². The minimum absolute atomic E-state index is 0.499. The molecule has 10 rings (SSSR count). The van der Waals surface area contributed by atoms with E-state index in [9.17, 15) is 0 Å². The lowest BCUT2D eigenvalue weighted by Crippen LogP contribution is -2.49. The molecule has 2 aliphatic heterocycles. The third kappa shape index (κ3) is 2.75. The molecule has 0 saturated carbocycles. The summed E-state index contributed by atoms with van der Waals surface area (Å²) in [5.41, 5.74) is 10.7. The smallest absolute Gasteiger partial charge is 0.521 e. The van der Waals surface area contributed by atoms with Crippen molar-refractivity contribution >= 4 is 56.3 Å². The molecule has 0 radical (unpaired) electrons. The number of hydrogen-bond donors (Lipinski definition) is 0. The van der Waals surface area contributed by atoms with Gasteiger partial charge in [0.2, 0.25) is 0 Å². The first-order valence-electron chi connectivity index (χ1n) is 13.9. The Labute approximate surface area is 235 Å². The van der Waals surface area contributed by atoms with Crippen LogP contribution in [0.4, 0.5) is 0 Å². The molecule has 41 heavy (non-hydrogen) atoms. The van der Waals surface area contributed by atoms with Gasteiger partial charge < -0.3 is 18.3 Å². The fourth-order valence-electron chi connectivity index (χ4n) is 6.96. The molecule has 2 aromatic heterocycles. The fourth-order valence-corrected chi connectivity index (χ4v) is 6.96. The van der Waals surface area contributed by atoms with Gasteiger partial charge in [0.25, 0.3) is 0 Å². The summed E-state index contributed by atoms with van der Waals surface area (Å²) in [5, 5.41) is 4.67. The largest absolute Gasteiger partial charge is 0.633 e. The summed E-state index contributed by atoms with van der Waals surface area (Å²) in [5.74, 6) is 1.66. The Morgan fingerprint density at radius 1 is 0.512 bits per heavy atom. The van der Waals surface area contributed by atoms with Crippen LogP contribution in [0, 0.1) is 0 Å². The van der Waals surface area contributed by atoms with Crippen molar-refractivity contribution in [2.24, 2.45) is 0 Å². The average molecular weight is 525 g/mol. The van der Waals surface area contributed by atoms with Crippen molar-refractivity contribution < 1.29 is 13.7 Å². The lowest BCUT2D eigenvalue weighted by Gasteiger charge is -2.32. The molecule has 0 bridgehead atoms. The van der Waals surface area contributed by atoms with Crippen molar-refractivity contribution in [2.45, 2.75) is 0 Å². The van der Waals surface area contributed by atoms with Gasteiger partial charge in [-0.15, -0.1) is 0 Å². The van der Waals surface area contributed by atoms with Crippen LogP contribution < -0.4 is 14.8 Å². The second kappa shape index (κ2) is 7.61. The van der Waals surface area contributed by atoms with Crippen LogP contribution in [0.5, 0.6) is 11.5 Å². The molecule has 190 valence electrons. The van der Waals surface area contributed by atoms with Crippen LogP contribution in [0.1, 0.15) is 0 Å². The number of rotatable bonds is 1. The number of fused-ring (bicyclic) bond motifs is 11. The Kier molecular flexibility index (Phi) is 3.98. The summed E-state index contributed by atoms with van der Waals surface area (Å²) >= 11 is 0. The van der Waals surface area contributed by atoms with Gasteiger partial charge in [0.05, 0.1) is 16.4 Å². The monoisotopic (exact) mass is 525 g/mol. The Bertz CT molecular complexity index is 2330. The Morgan fingerprint density at radius 2 is 1.15 bits per heavy atom. The first-order valence-corrected chi connectivity index (χ1v) is 13.9. The van der Waals surface area contributed by atoms with Gasteiger partial charge in [0.1, 0.15) is 22.7 Å². The van der Waals surface area contributed by atoms with Gasteiger partial charge in [-0.05, 0) is 59.7 Å².